The second-order valence-corrected chi connectivity index (χ2v) is 5.77. The molecule has 0 radical (unpaired) electrons. The molecular formula is C14H27N3O2. The van der Waals surface area contributed by atoms with Gasteiger partial charge in [-0.25, -0.2) is 0 Å². The molecule has 0 aromatic heterocycles. The van der Waals surface area contributed by atoms with Crippen LogP contribution < -0.4 is 5.73 Å². The van der Waals surface area contributed by atoms with Crippen LogP contribution in [0.25, 0.3) is 0 Å². The van der Waals surface area contributed by atoms with Crippen molar-refractivity contribution in [1.82, 2.24) is 9.80 Å². The third-order valence-corrected chi connectivity index (χ3v) is 4.58. The number of rotatable bonds is 3. The quantitative estimate of drug-likeness (QED) is 0.800. The molecule has 3 unspecified atom stereocenters. The highest BCUT2D eigenvalue weighted by molar-refractivity contribution is 5.81. The lowest BCUT2D eigenvalue weighted by atomic mass is 9.89. The van der Waals surface area contributed by atoms with Crippen LogP contribution in [-0.2, 0) is 9.53 Å². The Bertz CT molecular complexity index is 305. The summed E-state index contributed by atoms with van der Waals surface area (Å²) in [5.74, 6) is 0.814. The van der Waals surface area contributed by atoms with Gasteiger partial charge in [-0.1, -0.05) is 6.92 Å². The Labute approximate surface area is 116 Å². The summed E-state index contributed by atoms with van der Waals surface area (Å²) in [7, 11) is 0. The van der Waals surface area contributed by atoms with Crippen LogP contribution in [-0.4, -0.2) is 67.2 Å². The fraction of sp³-hybridized carbons (Fsp3) is 0.929. The van der Waals surface area contributed by atoms with Gasteiger partial charge in [-0.3, -0.25) is 9.69 Å². The second-order valence-electron chi connectivity index (χ2n) is 5.77. The number of morpholine rings is 1. The minimum Gasteiger partial charge on any atom is -0.378 e. The molecule has 2 rings (SSSR count). The van der Waals surface area contributed by atoms with E-state index in [-0.39, 0.29) is 11.9 Å². The standard InChI is InChI=1S/C14H27N3O2/c1-11-4-3-5-17(13(11)10-15)12(2)14(18)16-6-8-19-9-7-16/h11-13H,3-10,15H2,1-2H3. The molecule has 0 saturated carbocycles. The molecule has 2 N–H and O–H groups in total. The van der Waals surface area contributed by atoms with Gasteiger partial charge >= 0.3 is 0 Å². The highest BCUT2D eigenvalue weighted by atomic mass is 16.5. The molecule has 1 amide bonds. The summed E-state index contributed by atoms with van der Waals surface area (Å²) in [6.45, 7) is 8.67. The van der Waals surface area contributed by atoms with Gasteiger partial charge in [0.1, 0.15) is 0 Å². The maximum Gasteiger partial charge on any atom is 0.239 e. The molecule has 0 aromatic rings. The topological polar surface area (TPSA) is 58.8 Å². The normalized spacial score (nSPS) is 31.2. The van der Waals surface area contributed by atoms with E-state index in [1.165, 1.54) is 12.8 Å². The third kappa shape index (κ3) is 3.27. The van der Waals surface area contributed by atoms with E-state index >= 15 is 0 Å². The number of carbonyl (C=O) groups excluding carboxylic acids is 1. The van der Waals surface area contributed by atoms with Gasteiger partial charge in [0.2, 0.25) is 5.91 Å². The first-order chi connectivity index (χ1) is 9.15. The van der Waals surface area contributed by atoms with Gasteiger partial charge in [-0.05, 0) is 32.2 Å². The second kappa shape index (κ2) is 6.68. The summed E-state index contributed by atoms with van der Waals surface area (Å²) >= 11 is 0. The van der Waals surface area contributed by atoms with E-state index < -0.39 is 0 Å². The Balaban J connectivity index is 2.00. The minimum absolute atomic E-state index is 0.0607. The number of hydrogen-bond donors (Lipinski definition) is 1. The highest BCUT2D eigenvalue weighted by Crippen LogP contribution is 2.25. The van der Waals surface area contributed by atoms with E-state index in [0.717, 1.165) is 19.6 Å². The molecule has 2 saturated heterocycles. The number of hydrogen-bond acceptors (Lipinski definition) is 4. The summed E-state index contributed by atoms with van der Waals surface area (Å²) in [6, 6.07) is 0.281. The molecule has 0 aliphatic carbocycles. The van der Waals surface area contributed by atoms with Crippen molar-refractivity contribution in [3.8, 4) is 0 Å². The predicted octanol–water partition coefficient (Wildman–Crippen LogP) is 0.293. The van der Waals surface area contributed by atoms with Gasteiger partial charge < -0.3 is 15.4 Å². The number of nitrogens with two attached hydrogens (primary N) is 1. The van der Waals surface area contributed by atoms with Crippen molar-refractivity contribution in [2.24, 2.45) is 11.7 Å². The molecule has 0 spiro atoms. The molecule has 5 heteroatoms. The smallest absolute Gasteiger partial charge is 0.239 e. The predicted molar refractivity (Wildman–Crippen MR) is 74.8 cm³/mol. The van der Waals surface area contributed by atoms with Crippen molar-refractivity contribution in [3.63, 3.8) is 0 Å². The largest absolute Gasteiger partial charge is 0.378 e. The van der Waals surface area contributed by atoms with Crippen molar-refractivity contribution < 1.29 is 9.53 Å². The molecular weight excluding hydrogens is 242 g/mol. The molecule has 2 fully saturated rings. The van der Waals surface area contributed by atoms with Crippen LogP contribution in [0.15, 0.2) is 0 Å². The van der Waals surface area contributed by atoms with Crippen molar-refractivity contribution in [2.45, 2.75) is 38.8 Å². The van der Waals surface area contributed by atoms with Gasteiger partial charge in [0.05, 0.1) is 19.3 Å². The Kier molecular flexibility index (Phi) is 5.19. The summed E-state index contributed by atoms with van der Waals surface area (Å²) in [5.41, 5.74) is 5.91. The summed E-state index contributed by atoms with van der Waals surface area (Å²) in [6.07, 6.45) is 2.38. The van der Waals surface area contributed by atoms with Gasteiger partial charge in [0.15, 0.2) is 0 Å². The van der Waals surface area contributed by atoms with E-state index in [0.29, 0.717) is 31.7 Å². The molecule has 0 aromatic carbocycles. The first-order valence-corrected chi connectivity index (χ1v) is 7.47. The maximum atomic E-state index is 12.6. The van der Waals surface area contributed by atoms with Crippen LogP contribution in [0.1, 0.15) is 26.7 Å². The van der Waals surface area contributed by atoms with Gasteiger partial charge in [0.25, 0.3) is 0 Å². The van der Waals surface area contributed by atoms with Crippen LogP contribution in [0.4, 0.5) is 0 Å². The molecule has 3 atom stereocenters. The van der Waals surface area contributed by atoms with E-state index in [4.69, 9.17) is 10.5 Å². The lowest BCUT2D eigenvalue weighted by molar-refractivity contribution is -0.142. The Morgan fingerprint density at radius 3 is 2.68 bits per heavy atom. The Hall–Kier alpha value is -0.650. The zero-order chi connectivity index (χ0) is 13.8. The van der Waals surface area contributed by atoms with Crippen LogP contribution >= 0.6 is 0 Å². The highest BCUT2D eigenvalue weighted by Gasteiger charge is 2.35. The van der Waals surface area contributed by atoms with E-state index in [1.54, 1.807) is 0 Å². The fourth-order valence-electron chi connectivity index (χ4n) is 3.32. The summed E-state index contributed by atoms with van der Waals surface area (Å²) in [4.78, 5) is 16.8. The van der Waals surface area contributed by atoms with Gasteiger partial charge in [-0.2, -0.15) is 0 Å². The van der Waals surface area contributed by atoms with Gasteiger partial charge in [0, 0.05) is 25.7 Å². The van der Waals surface area contributed by atoms with E-state index in [2.05, 4.69) is 11.8 Å². The lowest BCUT2D eigenvalue weighted by Crippen LogP contribution is -2.58. The molecule has 2 heterocycles. The van der Waals surface area contributed by atoms with Crippen molar-refractivity contribution in [3.05, 3.63) is 0 Å². The number of likely N-dealkylation sites (tertiary alicyclic amines) is 1. The monoisotopic (exact) mass is 269 g/mol. The number of nitrogens with zero attached hydrogens (tertiary/aromatic N) is 2. The molecule has 5 nitrogen and oxygen atoms in total. The van der Waals surface area contributed by atoms with E-state index in [1.807, 2.05) is 11.8 Å². The molecule has 2 aliphatic heterocycles. The fourth-order valence-corrected chi connectivity index (χ4v) is 3.32. The van der Waals surface area contributed by atoms with Crippen molar-refractivity contribution in [1.29, 1.82) is 0 Å². The average molecular weight is 269 g/mol. The van der Waals surface area contributed by atoms with Crippen LogP contribution in [0.5, 0.6) is 0 Å². The number of ether oxygens (including phenoxy) is 1. The summed E-state index contributed by atoms with van der Waals surface area (Å²) < 4.78 is 5.31. The van der Waals surface area contributed by atoms with Gasteiger partial charge in [-0.15, -0.1) is 0 Å². The van der Waals surface area contributed by atoms with E-state index in [9.17, 15) is 4.79 Å². The Morgan fingerprint density at radius 2 is 2.05 bits per heavy atom. The van der Waals surface area contributed by atoms with Crippen LogP contribution in [0, 0.1) is 5.92 Å². The number of carbonyl (C=O) groups is 1. The summed E-state index contributed by atoms with van der Waals surface area (Å²) in [5, 5.41) is 0. The molecule has 110 valence electrons. The first-order valence-electron chi connectivity index (χ1n) is 7.47. The zero-order valence-corrected chi connectivity index (χ0v) is 12.2. The molecule has 2 aliphatic rings. The first kappa shape index (κ1) is 14.8. The molecule has 0 bridgehead atoms. The van der Waals surface area contributed by atoms with Crippen LogP contribution in [0.2, 0.25) is 0 Å². The zero-order valence-electron chi connectivity index (χ0n) is 12.2. The third-order valence-electron chi connectivity index (χ3n) is 4.58. The molecule has 19 heavy (non-hydrogen) atoms. The average Bonchev–Trinajstić information content (AvgIpc) is 2.46. The van der Waals surface area contributed by atoms with Crippen LogP contribution in [0.3, 0.4) is 0 Å². The Morgan fingerprint density at radius 1 is 1.37 bits per heavy atom. The number of piperidine rings is 1. The maximum absolute atomic E-state index is 12.6. The van der Waals surface area contributed by atoms with Crippen molar-refractivity contribution in [2.75, 3.05) is 39.4 Å². The van der Waals surface area contributed by atoms with Crippen molar-refractivity contribution >= 4 is 5.91 Å². The number of amides is 1. The minimum atomic E-state index is -0.0607. The SMILES string of the molecule is CC1CCCN(C(C)C(=O)N2CCOCC2)C1CN. The lowest BCUT2D eigenvalue weighted by Gasteiger charge is -2.43.